The van der Waals surface area contributed by atoms with Crippen molar-refractivity contribution in [2.24, 2.45) is 5.41 Å². The van der Waals surface area contributed by atoms with Crippen LogP contribution in [0.25, 0.3) is 0 Å². The SMILES string of the molecule is CC(C)(C)C1CN(C2CCCC2)C2(CCCC2)CN1. The summed E-state index contributed by atoms with van der Waals surface area (Å²) >= 11 is 0. The molecule has 1 heterocycles. The molecule has 1 unspecified atom stereocenters. The number of rotatable bonds is 1. The second kappa shape index (κ2) is 5.04. The average Bonchev–Trinajstić information content (AvgIpc) is 3.00. The molecule has 2 aliphatic carbocycles. The van der Waals surface area contributed by atoms with E-state index in [1.165, 1.54) is 64.5 Å². The molecule has 3 fully saturated rings. The van der Waals surface area contributed by atoms with Crippen LogP contribution in [0.3, 0.4) is 0 Å². The predicted octanol–water partition coefficient (Wildman–Crippen LogP) is 3.56. The molecule has 0 aromatic carbocycles. The van der Waals surface area contributed by atoms with Crippen LogP contribution < -0.4 is 5.32 Å². The van der Waals surface area contributed by atoms with Crippen LogP contribution >= 0.6 is 0 Å². The van der Waals surface area contributed by atoms with Crippen LogP contribution in [0.15, 0.2) is 0 Å². The molecule has 2 heteroatoms. The van der Waals surface area contributed by atoms with Crippen molar-refractivity contribution in [2.75, 3.05) is 13.1 Å². The minimum Gasteiger partial charge on any atom is -0.310 e. The topological polar surface area (TPSA) is 15.3 Å². The molecular formula is C17H32N2. The highest BCUT2D eigenvalue weighted by Gasteiger charge is 2.48. The molecule has 1 N–H and O–H groups in total. The summed E-state index contributed by atoms with van der Waals surface area (Å²) in [4.78, 5) is 2.97. The molecule has 0 aromatic rings. The Morgan fingerprint density at radius 3 is 2.21 bits per heavy atom. The molecule has 1 aliphatic heterocycles. The van der Waals surface area contributed by atoms with Gasteiger partial charge in [0.1, 0.15) is 0 Å². The minimum absolute atomic E-state index is 0.386. The molecule has 0 aromatic heterocycles. The van der Waals surface area contributed by atoms with Gasteiger partial charge in [-0.05, 0) is 31.1 Å². The van der Waals surface area contributed by atoms with E-state index in [9.17, 15) is 0 Å². The summed E-state index contributed by atoms with van der Waals surface area (Å²) in [5.74, 6) is 0. The standard InChI is InChI=1S/C17H32N2/c1-16(2,3)15-12-19(14-8-4-5-9-14)17(13-18-15)10-6-7-11-17/h14-15,18H,4-13H2,1-3H3. The Hall–Kier alpha value is -0.0800. The highest BCUT2D eigenvalue weighted by molar-refractivity contribution is 5.06. The van der Waals surface area contributed by atoms with Crippen molar-refractivity contribution in [1.29, 1.82) is 0 Å². The molecule has 1 saturated heterocycles. The average molecular weight is 264 g/mol. The number of nitrogens with zero attached hydrogens (tertiary/aromatic N) is 1. The van der Waals surface area contributed by atoms with E-state index in [-0.39, 0.29) is 0 Å². The Bertz CT molecular complexity index is 306. The van der Waals surface area contributed by atoms with Crippen molar-refractivity contribution >= 4 is 0 Å². The van der Waals surface area contributed by atoms with Crippen LogP contribution in [0.5, 0.6) is 0 Å². The van der Waals surface area contributed by atoms with Crippen LogP contribution in [0, 0.1) is 5.41 Å². The van der Waals surface area contributed by atoms with Crippen LogP contribution in [0.1, 0.15) is 72.1 Å². The maximum absolute atomic E-state index is 3.90. The van der Waals surface area contributed by atoms with Gasteiger partial charge in [-0.1, -0.05) is 46.5 Å². The minimum atomic E-state index is 0.386. The van der Waals surface area contributed by atoms with E-state index in [2.05, 4.69) is 31.0 Å². The largest absolute Gasteiger partial charge is 0.310 e. The summed E-state index contributed by atoms with van der Waals surface area (Å²) in [5.41, 5.74) is 0.911. The summed E-state index contributed by atoms with van der Waals surface area (Å²) in [6.07, 6.45) is 11.6. The van der Waals surface area contributed by atoms with E-state index in [4.69, 9.17) is 0 Å². The van der Waals surface area contributed by atoms with E-state index >= 15 is 0 Å². The first kappa shape index (κ1) is 13.9. The molecule has 1 spiro atoms. The van der Waals surface area contributed by atoms with Crippen molar-refractivity contribution < 1.29 is 0 Å². The molecule has 2 nitrogen and oxygen atoms in total. The van der Waals surface area contributed by atoms with Crippen LogP contribution in [-0.4, -0.2) is 35.6 Å². The second-order valence-electron chi connectivity index (χ2n) is 8.32. The van der Waals surface area contributed by atoms with Gasteiger partial charge in [-0.25, -0.2) is 0 Å². The maximum Gasteiger partial charge on any atom is 0.0337 e. The van der Waals surface area contributed by atoms with E-state index in [0.29, 0.717) is 17.0 Å². The first-order valence-electron chi connectivity index (χ1n) is 8.51. The molecule has 0 radical (unpaired) electrons. The third-order valence-electron chi connectivity index (χ3n) is 6.01. The molecule has 0 bridgehead atoms. The number of piperazine rings is 1. The van der Waals surface area contributed by atoms with E-state index < -0.39 is 0 Å². The first-order valence-corrected chi connectivity index (χ1v) is 8.51. The van der Waals surface area contributed by atoms with Crippen molar-refractivity contribution in [3.8, 4) is 0 Å². The molecule has 3 rings (SSSR count). The summed E-state index contributed by atoms with van der Waals surface area (Å²) in [6.45, 7) is 9.71. The van der Waals surface area contributed by atoms with Crippen molar-refractivity contribution in [3.63, 3.8) is 0 Å². The quantitative estimate of drug-likeness (QED) is 0.779. The number of hydrogen-bond acceptors (Lipinski definition) is 2. The Labute approximate surface area is 119 Å². The lowest BCUT2D eigenvalue weighted by atomic mass is 9.80. The van der Waals surface area contributed by atoms with E-state index in [1.54, 1.807) is 0 Å². The van der Waals surface area contributed by atoms with Crippen molar-refractivity contribution in [3.05, 3.63) is 0 Å². The molecule has 3 aliphatic rings. The van der Waals surface area contributed by atoms with Gasteiger partial charge in [-0.3, -0.25) is 4.90 Å². The fourth-order valence-electron chi connectivity index (χ4n) is 4.70. The Balaban J connectivity index is 1.79. The smallest absolute Gasteiger partial charge is 0.0337 e. The summed E-state index contributed by atoms with van der Waals surface area (Å²) in [6, 6.07) is 1.56. The second-order valence-corrected chi connectivity index (χ2v) is 8.32. The third-order valence-corrected chi connectivity index (χ3v) is 6.01. The lowest BCUT2D eigenvalue weighted by molar-refractivity contribution is -0.0135. The Morgan fingerprint density at radius 2 is 1.63 bits per heavy atom. The van der Waals surface area contributed by atoms with Gasteiger partial charge in [0.15, 0.2) is 0 Å². The molecule has 1 atom stereocenters. The van der Waals surface area contributed by atoms with Gasteiger partial charge in [0, 0.05) is 30.7 Å². The lowest BCUT2D eigenvalue weighted by Gasteiger charge is -2.53. The third kappa shape index (κ3) is 2.58. The molecule has 110 valence electrons. The monoisotopic (exact) mass is 264 g/mol. The predicted molar refractivity (Wildman–Crippen MR) is 81.4 cm³/mol. The van der Waals surface area contributed by atoms with Crippen LogP contribution in [0.2, 0.25) is 0 Å². The van der Waals surface area contributed by atoms with Crippen LogP contribution in [0.4, 0.5) is 0 Å². The van der Waals surface area contributed by atoms with Crippen molar-refractivity contribution in [1.82, 2.24) is 10.2 Å². The highest BCUT2D eigenvalue weighted by Crippen LogP contribution is 2.42. The van der Waals surface area contributed by atoms with Gasteiger partial charge in [0.2, 0.25) is 0 Å². The molecule has 2 saturated carbocycles. The fourth-order valence-corrected chi connectivity index (χ4v) is 4.70. The van der Waals surface area contributed by atoms with Gasteiger partial charge in [-0.15, -0.1) is 0 Å². The normalized spacial score (nSPS) is 33.3. The fraction of sp³-hybridized carbons (Fsp3) is 1.00. The zero-order chi connectivity index (χ0) is 13.5. The summed E-state index contributed by atoms with van der Waals surface area (Å²) in [7, 11) is 0. The zero-order valence-electron chi connectivity index (χ0n) is 13.2. The Kier molecular flexibility index (Phi) is 3.68. The first-order chi connectivity index (χ1) is 9.01. The van der Waals surface area contributed by atoms with Crippen molar-refractivity contribution in [2.45, 2.75) is 89.8 Å². The number of nitrogens with one attached hydrogen (secondary N) is 1. The van der Waals surface area contributed by atoms with Gasteiger partial charge < -0.3 is 5.32 Å². The maximum atomic E-state index is 3.90. The Morgan fingerprint density at radius 1 is 1.00 bits per heavy atom. The summed E-state index contributed by atoms with van der Waals surface area (Å²) in [5, 5.41) is 3.90. The van der Waals surface area contributed by atoms with Crippen LogP contribution in [-0.2, 0) is 0 Å². The lowest BCUT2D eigenvalue weighted by Crippen LogP contribution is -2.68. The van der Waals surface area contributed by atoms with E-state index in [1.807, 2.05) is 0 Å². The van der Waals surface area contributed by atoms with Gasteiger partial charge >= 0.3 is 0 Å². The molecular weight excluding hydrogens is 232 g/mol. The van der Waals surface area contributed by atoms with E-state index in [0.717, 1.165) is 6.04 Å². The summed E-state index contributed by atoms with van der Waals surface area (Å²) < 4.78 is 0. The van der Waals surface area contributed by atoms with Gasteiger partial charge in [-0.2, -0.15) is 0 Å². The van der Waals surface area contributed by atoms with Gasteiger partial charge in [0.05, 0.1) is 0 Å². The number of hydrogen-bond donors (Lipinski definition) is 1. The molecule has 19 heavy (non-hydrogen) atoms. The zero-order valence-corrected chi connectivity index (χ0v) is 13.2. The highest BCUT2D eigenvalue weighted by atomic mass is 15.3. The van der Waals surface area contributed by atoms with Gasteiger partial charge in [0.25, 0.3) is 0 Å². The molecule has 0 amide bonds.